The van der Waals surface area contributed by atoms with Crippen LogP contribution in [0.2, 0.25) is 5.02 Å². The van der Waals surface area contributed by atoms with E-state index in [1.165, 1.54) is 6.08 Å². The lowest BCUT2D eigenvalue weighted by atomic mass is 10.1. The molecule has 0 aliphatic heterocycles. The first-order valence-electron chi connectivity index (χ1n) is 10.2. The van der Waals surface area contributed by atoms with Gasteiger partial charge in [0, 0.05) is 26.4 Å². The van der Waals surface area contributed by atoms with Crippen molar-refractivity contribution in [2.45, 2.75) is 13.8 Å². The number of halogens is 2. The molecule has 0 spiro atoms. The van der Waals surface area contributed by atoms with E-state index < -0.39 is 5.91 Å². The predicted octanol–water partition coefficient (Wildman–Crippen LogP) is 6.28. The lowest BCUT2D eigenvalue weighted by Crippen LogP contribution is -2.20. The number of nitrogens with zero attached hydrogens (tertiary/aromatic N) is 1. The Hall–Kier alpha value is -3.60. The molecule has 0 bridgehead atoms. The van der Waals surface area contributed by atoms with Crippen LogP contribution in [0.4, 0.5) is 11.4 Å². The molecule has 0 saturated carbocycles. The zero-order valence-corrected chi connectivity index (χ0v) is 20.8. The Bertz CT molecular complexity index is 1300. The fourth-order valence-electron chi connectivity index (χ4n) is 3.02. The number of amides is 2. The number of hydrogen-bond acceptors (Lipinski definition) is 4. The van der Waals surface area contributed by atoms with Crippen molar-refractivity contribution >= 4 is 56.8 Å². The summed E-state index contributed by atoms with van der Waals surface area (Å²) in [7, 11) is 0. The van der Waals surface area contributed by atoms with Crippen LogP contribution in [0, 0.1) is 25.2 Å². The van der Waals surface area contributed by atoms with Crippen LogP contribution in [0.3, 0.4) is 0 Å². The smallest absolute Gasteiger partial charge is 0.266 e. The number of carbonyl (C=O) groups excluding carboxylic acids is 2. The summed E-state index contributed by atoms with van der Waals surface area (Å²) in [6.45, 7) is 3.58. The first-order valence-corrected chi connectivity index (χ1v) is 11.4. The number of anilines is 2. The second-order valence-electron chi connectivity index (χ2n) is 7.40. The van der Waals surface area contributed by atoms with E-state index in [4.69, 9.17) is 16.3 Å². The topological polar surface area (TPSA) is 91.2 Å². The molecule has 0 radical (unpaired) electrons. The zero-order valence-electron chi connectivity index (χ0n) is 18.5. The van der Waals surface area contributed by atoms with E-state index in [9.17, 15) is 14.9 Å². The van der Waals surface area contributed by atoms with Gasteiger partial charge < -0.3 is 15.4 Å². The van der Waals surface area contributed by atoms with Crippen molar-refractivity contribution in [2.24, 2.45) is 0 Å². The van der Waals surface area contributed by atoms with Gasteiger partial charge >= 0.3 is 0 Å². The fraction of sp³-hybridized carbons (Fsp3) is 0.115. The average Bonchev–Trinajstić information content (AvgIpc) is 2.81. The molecular formula is C26H21BrClN3O3. The maximum Gasteiger partial charge on any atom is 0.266 e. The second-order valence-corrected chi connectivity index (χ2v) is 8.75. The number of ether oxygens (including phenoxy) is 1. The Kier molecular flexibility index (Phi) is 8.47. The SMILES string of the molecule is Cc1cccc(NC(=O)/C(C#N)=C/c2cc(Br)ccc2OCC(=O)Nc2ccc(Cl)cc2)c1C. The van der Waals surface area contributed by atoms with Crippen molar-refractivity contribution in [1.82, 2.24) is 0 Å². The molecule has 172 valence electrons. The van der Waals surface area contributed by atoms with Crippen molar-refractivity contribution in [2.75, 3.05) is 17.2 Å². The Balaban J connectivity index is 1.76. The molecule has 0 aromatic heterocycles. The maximum absolute atomic E-state index is 12.8. The lowest BCUT2D eigenvalue weighted by molar-refractivity contribution is -0.118. The molecule has 0 fully saturated rings. The van der Waals surface area contributed by atoms with Crippen LogP contribution in [0.25, 0.3) is 6.08 Å². The van der Waals surface area contributed by atoms with Gasteiger partial charge in [0.25, 0.3) is 11.8 Å². The van der Waals surface area contributed by atoms with Gasteiger partial charge in [-0.1, -0.05) is 39.7 Å². The summed E-state index contributed by atoms with van der Waals surface area (Å²) in [5.74, 6) is -0.558. The van der Waals surface area contributed by atoms with Gasteiger partial charge in [-0.3, -0.25) is 9.59 Å². The lowest BCUT2D eigenvalue weighted by Gasteiger charge is -2.12. The van der Waals surface area contributed by atoms with Crippen LogP contribution >= 0.6 is 27.5 Å². The second kappa shape index (κ2) is 11.5. The van der Waals surface area contributed by atoms with Crippen LogP contribution < -0.4 is 15.4 Å². The number of hydrogen-bond donors (Lipinski definition) is 2. The highest BCUT2D eigenvalue weighted by Gasteiger charge is 2.14. The van der Waals surface area contributed by atoms with E-state index in [-0.39, 0.29) is 18.1 Å². The number of nitrogens with one attached hydrogen (secondary N) is 2. The molecule has 2 N–H and O–H groups in total. The summed E-state index contributed by atoms with van der Waals surface area (Å²) < 4.78 is 6.41. The molecule has 6 nitrogen and oxygen atoms in total. The van der Waals surface area contributed by atoms with Crippen LogP contribution in [0.5, 0.6) is 5.75 Å². The van der Waals surface area contributed by atoms with E-state index in [2.05, 4.69) is 26.6 Å². The molecule has 3 aromatic rings. The maximum atomic E-state index is 12.8. The molecule has 34 heavy (non-hydrogen) atoms. The third-order valence-corrected chi connectivity index (χ3v) is 5.72. The van der Waals surface area contributed by atoms with E-state index in [0.717, 1.165) is 15.6 Å². The van der Waals surface area contributed by atoms with E-state index in [1.54, 1.807) is 48.5 Å². The van der Waals surface area contributed by atoms with Crippen molar-refractivity contribution in [3.8, 4) is 11.8 Å². The Morgan fingerprint density at radius 2 is 1.82 bits per heavy atom. The predicted molar refractivity (Wildman–Crippen MR) is 138 cm³/mol. The van der Waals surface area contributed by atoms with Gasteiger partial charge in [0.1, 0.15) is 17.4 Å². The molecule has 0 unspecified atom stereocenters. The van der Waals surface area contributed by atoms with Crippen LogP contribution in [-0.4, -0.2) is 18.4 Å². The first-order chi connectivity index (χ1) is 16.3. The minimum atomic E-state index is -0.539. The van der Waals surface area contributed by atoms with E-state index >= 15 is 0 Å². The molecule has 0 saturated heterocycles. The molecule has 2 amide bonds. The van der Waals surface area contributed by atoms with Crippen LogP contribution in [-0.2, 0) is 9.59 Å². The van der Waals surface area contributed by atoms with Crippen molar-refractivity contribution in [1.29, 1.82) is 5.26 Å². The van der Waals surface area contributed by atoms with Gasteiger partial charge in [-0.05, 0) is 79.6 Å². The molecular weight excluding hydrogens is 518 g/mol. The van der Waals surface area contributed by atoms with Crippen LogP contribution in [0.15, 0.2) is 70.7 Å². The summed E-state index contributed by atoms with van der Waals surface area (Å²) in [6.07, 6.45) is 1.43. The number of aryl methyl sites for hydroxylation is 1. The van der Waals surface area contributed by atoms with Crippen LogP contribution in [0.1, 0.15) is 16.7 Å². The van der Waals surface area contributed by atoms with E-state index in [0.29, 0.717) is 27.7 Å². The standard InChI is InChI=1S/C26H21BrClN3O3/c1-16-4-3-5-23(17(16)2)31-26(33)19(14-29)12-18-13-20(27)6-11-24(18)34-15-25(32)30-22-9-7-21(28)8-10-22/h3-13H,15H2,1-2H3,(H,30,32)(H,31,33)/b19-12+. The van der Waals surface area contributed by atoms with Crippen molar-refractivity contribution in [3.05, 3.63) is 92.4 Å². The molecule has 8 heteroatoms. The molecule has 0 heterocycles. The Morgan fingerprint density at radius 3 is 2.53 bits per heavy atom. The number of nitriles is 1. The summed E-state index contributed by atoms with van der Waals surface area (Å²) in [5, 5.41) is 15.7. The third-order valence-electron chi connectivity index (χ3n) is 4.98. The summed E-state index contributed by atoms with van der Waals surface area (Å²) >= 11 is 9.25. The minimum Gasteiger partial charge on any atom is -0.483 e. The number of rotatable bonds is 7. The van der Waals surface area contributed by atoms with Crippen molar-refractivity contribution < 1.29 is 14.3 Å². The zero-order chi connectivity index (χ0) is 24.7. The molecule has 0 atom stereocenters. The normalized spacial score (nSPS) is 10.9. The van der Waals surface area contributed by atoms with E-state index in [1.807, 2.05) is 32.0 Å². The highest BCUT2D eigenvalue weighted by atomic mass is 79.9. The fourth-order valence-corrected chi connectivity index (χ4v) is 3.52. The number of carbonyl (C=O) groups is 2. The van der Waals surface area contributed by atoms with Gasteiger partial charge in [0.15, 0.2) is 6.61 Å². The molecule has 3 rings (SSSR count). The Labute approximate surface area is 211 Å². The Morgan fingerprint density at radius 1 is 1.09 bits per heavy atom. The third kappa shape index (κ3) is 6.70. The highest BCUT2D eigenvalue weighted by molar-refractivity contribution is 9.10. The van der Waals surface area contributed by atoms with Gasteiger partial charge in [-0.15, -0.1) is 0 Å². The largest absolute Gasteiger partial charge is 0.483 e. The molecule has 0 aliphatic carbocycles. The molecule has 3 aromatic carbocycles. The first kappa shape index (κ1) is 25.0. The minimum absolute atomic E-state index is 0.102. The average molecular weight is 539 g/mol. The van der Waals surface area contributed by atoms with Gasteiger partial charge in [0.05, 0.1) is 0 Å². The monoisotopic (exact) mass is 537 g/mol. The van der Waals surface area contributed by atoms with Crippen molar-refractivity contribution in [3.63, 3.8) is 0 Å². The highest BCUT2D eigenvalue weighted by Crippen LogP contribution is 2.26. The quantitative estimate of drug-likeness (QED) is 0.273. The summed E-state index contributed by atoms with van der Waals surface area (Å²) in [5.41, 5.74) is 3.54. The summed E-state index contributed by atoms with van der Waals surface area (Å²) in [4.78, 5) is 25.1. The van der Waals surface area contributed by atoms with Gasteiger partial charge in [-0.2, -0.15) is 5.26 Å². The number of benzene rings is 3. The summed E-state index contributed by atoms with van der Waals surface area (Å²) in [6, 6.07) is 19.3. The van der Waals surface area contributed by atoms with Gasteiger partial charge in [-0.25, -0.2) is 0 Å². The van der Waals surface area contributed by atoms with Gasteiger partial charge in [0.2, 0.25) is 0 Å². The molecule has 0 aliphatic rings.